The van der Waals surface area contributed by atoms with Crippen molar-refractivity contribution in [3.63, 3.8) is 0 Å². The number of ketones is 1. The van der Waals surface area contributed by atoms with Crippen LogP contribution in [0.1, 0.15) is 213 Å². The van der Waals surface area contributed by atoms with Crippen LogP contribution in [0.2, 0.25) is 0 Å². The van der Waals surface area contributed by atoms with Gasteiger partial charge in [0.25, 0.3) is 0 Å². The lowest BCUT2D eigenvalue weighted by molar-refractivity contribution is -0.125. The first-order valence-corrected chi connectivity index (χ1v) is 26.5. The molecule has 0 spiro atoms. The first kappa shape index (κ1) is 60.8. The number of amides is 1. The normalized spacial score (nSPS) is 12.1. The summed E-state index contributed by atoms with van der Waals surface area (Å²) in [5.74, 6) is 0.364. The van der Waals surface area contributed by atoms with Crippen molar-refractivity contribution in [3.05, 3.63) is 0 Å². The topological polar surface area (TPSA) is 159 Å². The van der Waals surface area contributed by atoms with E-state index in [4.69, 9.17) is 30.4 Å². The van der Waals surface area contributed by atoms with Crippen LogP contribution < -0.4 is 27.4 Å². The number of nitrogens with one attached hydrogen (secondary N) is 3. The van der Waals surface area contributed by atoms with Crippen molar-refractivity contribution >= 4 is 11.7 Å². The largest absolute Gasteiger partial charge is 0.379 e. The summed E-state index contributed by atoms with van der Waals surface area (Å²) < 4.78 is 22.5. The second-order valence-corrected chi connectivity index (χ2v) is 17.8. The summed E-state index contributed by atoms with van der Waals surface area (Å²) in [6.45, 7) is 13.2. The van der Waals surface area contributed by atoms with E-state index >= 15 is 0 Å². The molecular weight excluding hydrogens is 779 g/mol. The summed E-state index contributed by atoms with van der Waals surface area (Å²) in [4.78, 5) is 25.5. The molecule has 0 aliphatic carbocycles. The molecule has 1 atom stereocenters. The number of carbonyl (C=O) groups is 2. The fourth-order valence-corrected chi connectivity index (χ4v) is 7.78. The van der Waals surface area contributed by atoms with Crippen molar-refractivity contribution in [2.75, 3.05) is 92.1 Å². The molecule has 0 aromatic rings. The molecule has 1 amide bonds. The van der Waals surface area contributed by atoms with Gasteiger partial charge in [-0.25, -0.2) is 0 Å². The van der Waals surface area contributed by atoms with Gasteiger partial charge < -0.3 is 46.4 Å². The summed E-state index contributed by atoms with van der Waals surface area (Å²) in [7, 11) is 0. The molecule has 7 N–H and O–H groups in total. The Morgan fingerprint density at radius 3 is 1.23 bits per heavy atom. The second kappa shape index (κ2) is 52.4. The Morgan fingerprint density at radius 1 is 0.419 bits per heavy atom. The zero-order chi connectivity index (χ0) is 45.1. The molecule has 0 aliphatic heterocycles. The second-order valence-electron chi connectivity index (χ2n) is 17.8. The zero-order valence-corrected chi connectivity index (χ0v) is 41.1. The van der Waals surface area contributed by atoms with E-state index in [9.17, 15) is 9.59 Å². The summed E-state index contributed by atoms with van der Waals surface area (Å²) in [5.41, 5.74) is 11.6. The molecule has 0 saturated carbocycles. The van der Waals surface area contributed by atoms with Crippen molar-refractivity contribution in [2.24, 2.45) is 17.4 Å². The first-order chi connectivity index (χ1) is 30.6. The van der Waals surface area contributed by atoms with Gasteiger partial charge in [0, 0.05) is 18.9 Å². The number of rotatable bonds is 54. The summed E-state index contributed by atoms with van der Waals surface area (Å²) in [6, 6.07) is -0.454. The van der Waals surface area contributed by atoms with Crippen LogP contribution in [0.25, 0.3) is 0 Å². The number of Topliss-reactive ketones (excluding diaryl/α,β-unsaturated/α-hetero) is 1. The van der Waals surface area contributed by atoms with Crippen LogP contribution in [-0.2, 0) is 28.5 Å². The quantitative estimate of drug-likeness (QED) is 0.0372. The molecule has 0 rings (SSSR count). The third kappa shape index (κ3) is 46.8. The Kier molecular flexibility index (Phi) is 51.4. The fraction of sp³-hybridized carbons (Fsp3) is 0.961. The number of nitrogens with two attached hydrogens (primary N) is 2. The highest BCUT2D eigenvalue weighted by molar-refractivity contribution is 5.83. The standard InChI is InChI=1S/C51H105N5O6/c1-3-5-7-9-11-13-15-17-19-21-23-25-30-48(31-26-24-22-20-18-16-14-12-10-8-6-4-2)51(58)56-39-41-60-43-45-62-47-46-61-44-42-59-40-33-50(57)49(53)32-38-55-36-28-27-35-54-37-29-34-52/h48-49,54-55H,3-47,52-53H2,1-2H3,(H,56,58). The van der Waals surface area contributed by atoms with Gasteiger partial charge in [0.05, 0.1) is 58.9 Å². The average molecular weight is 884 g/mol. The Morgan fingerprint density at radius 2 is 0.790 bits per heavy atom. The highest BCUT2D eigenvalue weighted by atomic mass is 16.6. The van der Waals surface area contributed by atoms with Crippen LogP contribution in [0.15, 0.2) is 0 Å². The predicted octanol–water partition coefficient (Wildman–Crippen LogP) is 9.95. The van der Waals surface area contributed by atoms with Crippen LogP contribution in [-0.4, -0.2) is 110 Å². The zero-order valence-electron chi connectivity index (χ0n) is 41.1. The van der Waals surface area contributed by atoms with Crippen molar-refractivity contribution in [2.45, 2.75) is 219 Å². The summed E-state index contributed by atoms with van der Waals surface area (Å²) in [5, 5.41) is 9.93. The Hall–Kier alpha value is -1.18. The molecule has 0 radical (unpaired) electrons. The van der Waals surface area contributed by atoms with E-state index in [0.717, 1.165) is 77.7 Å². The summed E-state index contributed by atoms with van der Waals surface area (Å²) in [6.07, 6.45) is 38.4. The minimum Gasteiger partial charge on any atom is -0.379 e. The van der Waals surface area contributed by atoms with E-state index in [-0.39, 0.29) is 17.6 Å². The number of unbranched alkanes of at least 4 members (excludes halogenated alkanes) is 23. The third-order valence-electron chi connectivity index (χ3n) is 11.9. The van der Waals surface area contributed by atoms with Crippen molar-refractivity contribution in [1.82, 2.24) is 16.0 Å². The molecule has 11 heteroatoms. The molecule has 0 bridgehead atoms. The maximum atomic E-state index is 13.2. The smallest absolute Gasteiger partial charge is 0.223 e. The van der Waals surface area contributed by atoms with Gasteiger partial charge >= 0.3 is 0 Å². The van der Waals surface area contributed by atoms with E-state index in [2.05, 4.69) is 29.8 Å². The van der Waals surface area contributed by atoms with Gasteiger partial charge in [-0.2, -0.15) is 0 Å². The van der Waals surface area contributed by atoms with E-state index in [0.29, 0.717) is 72.2 Å². The molecule has 0 aliphatic rings. The lowest BCUT2D eigenvalue weighted by Crippen LogP contribution is -2.35. The van der Waals surface area contributed by atoms with E-state index < -0.39 is 6.04 Å². The van der Waals surface area contributed by atoms with Gasteiger partial charge in [0.15, 0.2) is 5.78 Å². The van der Waals surface area contributed by atoms with E-state index in [1.54, 1.807) is 0 Å². The van der Waals surface area contributed by atoms with Crippen LogP contribution in [0.5, 0.6) is 0 Å². The number of hydrogen-bond donors (Lipinski definition) is 5. The SMILES string of the molecule is CCCCCCCCCCCCCCC(CCCCCCCCCCCCCC)C(=O)NCCOCCOCCOCCOCCC(=O)C(N)CCNCCCCNCCCN. The van der Waals surface area contributed by atoms with Crippen LogP contribution in [0.4, 0.5) is 0 Å². The van der Waals surface area contributed by atoms with Crippen LogP contribution >= 0.6 is 0 Å². The van der Waals surface area contributed by atoms with Gasteiger partial charge in [-0.05, 0) is 71.2 Å². The van der Waals surface area contributed by atoms with E-state index in [1.807, 2.05) is 0 Å². The highest BCUT2D eigenvalue weighted by Crippen LogP contribution is 2.20. The Labute approximate surface area is 383 Å². The lowest BCUT2D eigenvalue weighted by Gasteiger charge is -2.17. The molecule has 0 aromatic carbocycles. The fourth-order valence-electron chi connectivity index (χ4n) is 7.78. The Bertz CT molecular complexity index is 875. The number of hydrogen-bond acceptors (Lipinski definition) is 10. The Balaban J connectivity index is 3.96. The maximum absolute atomic E-state index is 13.2. The predicted molar refractivity (Wildman–Crippen MR) is 262 cm³/mol. The van der Waals surface area contributed by atoms with Gasteiger partial charge in [-0.15, -0.1) is 0 Å². The molecule has 0 heterocycles. The number of carbonyl (C=O) groups excluding carboxylic acids is 2. The van der Waals surface area contributed by atoms with Crippen LogP contribution in [0.3, 0.4) is 0 Å². The van der Waals surface area contributed by atoms with Gasteiger partial charge in [-0.1, -0.05) is 168 Å². The van der Waals surface area contributed by atoms with Crippen molar-refractivity contribution in [1.29, 1.82) is 0 Å². The molecule has 370 valence electrons. The first-order valence-electron chi connectivity index (χ1n) is 26.5. The van der Waals surface area contributed by atoms with Gasteiger partial charge in [0.2, 0.25) is 5.91 Å². The molecule has 0 aromatic heterocycles. The van der Waals surface area contributed by atoms with Crippen LogP contribution in [0, 0.1) is 5.92 Å². The minimum atomic E-state index is -0.454. The molecule has 11 nitrogen and oxygen atoms in total. The summed E-state index contributed by atoms with van der Waals surface area (Å²) >= 11 is 0. The third-order valence-corrected chi connectivity index (χ3v) is 11.9. The minimum absolute atomic E-state index is 0.0362. The molecule has 1 unspecified atom stereocenters. The monoisotopic (exact) mass is 884 g/mol. The highest BCUT2D eigenvalue weighted by Gasteiger charge is 2.17. The number of ether oxygens (including phenoxy) is 4. The molecule has 62 heavy (non-hydrogen) atoms. The van der Waals surface area contributed by atoms with Crippen molar-refractivity contribution < 1.29 is 28.5 Å². The maximum Gasteiger partial charge on any atom is 0.223 e. The molecular formula is C51H105N5O6. The van der Waals surface area contributed by atoms with Gasteiger partial charge in [0.1, 0.15) is 0 Å². The average Bonchev–Trinajstić information content (AvgIpc) is 3.27. The lowest BCUT2D eigenvalue weighted by atomic mass is 9.93. The van der Waals surface area contributed by atoms with Gasteiger partial charge in [-0.3, -0.25) is 9.59 Å². The molecule has 0 fully saturated rings. The van der Waals surface area contributed by atoms with E-state index in [1.165, 1.54) is 141 Å². The molecule has 0 saturated heterocycles. The van der Waals surface area contributed by atoms with Crippen molar-refractivity contribution in [3.8, 4) is 0 Å².